The number of ether oxygens (including phenoxy) is 3. The van der Waals surface area contributed by atoms with Crippen molar-refractivity contribution in [1.29, 1.82) is 0 Å². The van der Waals surface area contributed by atoms with Crippen LogP contribution in [0.5, 0.6) is 11.6 Å². The molecular formula is C37H44N2O4. The second-order valence-electron chi connectivity index (χ2n) is 13.3. The molecule has 7 rings (SSSR count). The van der Waals surface area contributed by atoms with E-state index in [1.807, 2.05) is 19.2 Å². The fraction of sp³-hybridized carbons (Fsp3) is 0.514. The van der Waals surface area contributed by atoms with Crippen LogP contribution < -0.4 is 9.47 Å². The van der Waals surface area contributed by atoms with Crippen molar-refractivity contribution >= 4 is 5.97 Å². The van der Waals surface area contributed by atoms with Crippen LogP contribution in [0, 0.1) is 11.8 Å². The second-order valence-corrected chi connectivity index (χ2v) is 13.3. The molecule has 1 saturated heterocycles. The first-order chi connectivity index (χ1) is 21.0. The number of nitrogens with zero attached hydrogens (tertiary/aromatic N) is 2. The molecule has 4 aliphatic rings. The predicted molar refractivity (Wildman–Crippen MR) is 167 cm³/mol. The minimum Gasteiger partial charge on any atom is -0.485 e. The van der Waals surface area contributed by atoms with E-state index in [1.54, 1.807) is 7.11 Å². The zero-order valence-electron chi connectivity index (χ0n) is 25.8. The summed E-state index contributed by atoms with van der Waals surface area (Å²) in [5.41, 5.74) is 7.83. The molecule has 3 atom stereocenters. The topological polar surface area (TPSA) is 60.9 Å². The minimum atomic E-state index is -0.166. The van der Waals surface area contributed by atoms with E-state index in [-0.39, 0.29) is 23.9 Å². The summed E-state index contributed by atoms with van der Waals surface area (Å²) in [7, 11) is 3.16. The number of pyridine rings is 1. The lowest BCUT2D eigenvalue weighted by atomic mass is 9.82. The van der Waals surface area contributed by atoms with Gasteiger partial charge in [0.05, 0.1) is 20.1 Å². The highest BCUT2D eigenvalue weighted by atomic mass is 16.5. The number of benzene rings is 2. The van der Waals surface area contributed by atoms with Crippen LogP contribution in [-0.4, -0.2) is 42.2 Å². The smallest absolute Gasteiger partial charge is 0.309 e. The lowest BCUT2D eigenvalue weighted by molar-refractivity contribution is -0.145. The Morgan fingerprint density at radius 1 is 1.02 bits per heavy atom. The Bertz CT molecular complexity index is 1490. The zero-order valence-corrected chi connectivity index (χ0v) is 25.8. The quantitative estimate of drug-likeness (QED) is 0.242. The van der Waals surface area contributed by atoms with Crippen LogP contribution in [-0.2, 0) is 22.5 Å². The molecule has 3 heterocycles. The van der Waals surface area contributed by atoms with Crippen molar-refractivity contribution in [2.45, 2.75) is 88.8 Å². The Morgan fingerprint density at radius 3 is 2.63 bits per heavy atom. The highest BCUT2D eigenvalue weighted by Crippen LogP contribution is 2.50. The monoisotopic (exact) mass is 580 g/mol. The summed E-state index contributed by atoms with van der Waals surface area (Å²) in [5, 5.41) is 0. The third kappa shape index (κ3) is 5.66. The number of hydrogen-bond donors (Lipinski definition) is 0. The van der Waals surface area contributed by atoms with Gasteiger partial charge in [-0.1, -0.05) is 37.6 Å². The van der Waals surface area contributed by atoms with Gasteiger partial charge in [0.25, 0.3) is 0 Å². The second kappa shape index (κ2) is 11.6. The number of rotatable bonds is 9. The van der Waals surface area contributed by atoms with E-state index in [2.05, 4.69) is 52.3 Å². The van der Waals surface area contributed by atoms with Gasteiger partial charge >= 0.3 is 5.97 Å². The molecule has 43 heavy (non-hydrogen) atoms. The predicted octanol–water partition coefficient (Wildman–Crippen LogP) is 7.64. The molecule has 2 aliphatic carbocycles. The fourth-order valence-corrected chi connectivity index (χ4v) is 7.82. The van der Waals surface area contributed by atoms with E-state index >= 15 is 0 Å². The van der Waals surface area contributed by atoms with E-state index in [0.29, 0.717) is 17.3 Å². The average Bonchev–Trinajstić information content (AvgIpc) is 3.99. The van der Waals surface area contributed by atoms with Crippen molar-refractivity contribution in [2.75, 3.05) is 20.8 Å². The molecule has 1 aromatic heterocycles. The number of piperidine rings is 1. The lowest BCUT2D eigenvalue weighted by Crippen LogP contribution is -2.41. The Labute approximate surface area is 255 Å². The maximum atomic E-state index is 12.5. The molecule has 0 amide bonds. The number of carbonyl (C=O) groups excluding carboxylic acids is 1. The summed E-state index contributed by atoms with van der Waals surface area (Å²) in [6.45, 7) is 4.14. The molecular weight excluding hydrogens is 536 g/mol. The van der Waals surface area contributed by atoms with Crippen molar-refractivity contribution in [2.24, 2.45) is 11.8 Å². The van der Waals surface area contributed by atoms with Gasteiger partial charge in [0.1, 0.15) is 11.9 Å². The Morgan fingerprint density at radius 2 is 1.86 bits per heavy atom. The number of fused-ring (bicyclic) bond motifs is 1. The van der Waals surface area contributed by atoms with Crippen LogP contribution in [0.15, 0.2) is 54.7 Å². The van der Waals surface area contributed by atoms with E-state index < -0.39 is 0 Å². The summed E-state index contributed by atoms with van der Waals surface area (Å²) in [5.74, 6) is 2.02. The summed E-state index contributed by atoms with van der Waals surface area (Å²) in [6.07, 6.45) is 12.7. The molecule has 1 unspecified atom stereocenters. The third-order valence-corrected chi connectivity index (χ3v) is 10.6. The molecule has 226 valence electrons. The maximum Gasteiger partial charge on any atom is 0.309 e. The average molecular weight is 581 g/mol. The normalized spacial score (nSPS) is 22.3. The highest BCUT2D eigenvalue weighted by Gasteiger charge is 2.48. The SMILES string of the molecule is COC(=O)[C@@H](C)[C@H](c1ccc2c(c1)OC(c1ccc(-c3ccnc(OC)c3)cc1CN1CCCCC13CC3)CC2)C1CC1. The number of carbonyl (C=O) groups is 1. The molecule has 2 aromatic carbocycles. The summed E-state index contributed by atoms with van der Waals surface area (Å²) in [6, 6.07) is 17.7. The third-order valence-electron chi connectivity index (χ3n) is 10.6. The maximum absolute atomic E-state index is 12.5. The van der Waals surface area contributed by atoms with Gasteiger partial charge in [-0.05, 0) is 121 Å². The molecule has 2 saturated carbocycles. The van der Waals surface area contributed by atoms with Crippen LogP contribution in [0.2, 0.25) is 0 Å². The number of aryl methyl sites for hydroxylation is 1. The van der Waals surface area contributed by atoms with Crippen LogP contribution in [0.3, 0.4) is 0 Å². The molecule has 0 radical (unpaired) electrons. The van der Waals surface area contributed by atoms with Crippen molar-refractivity contribution in [1.82, 2.24) is 9.88 Å². The van der Waals surface area contributed by atoms with E-state index in [9.17, 15) is 4.79 Å². The Hall–Kier alpha value is -3.38. The van der Waals surface area contributed by atoms with Gasteiger partial charge in [-0.3, -0.25) is 9.69 Å². The Balaban J connectivity index is 1.21. The van der Waals surface area contributed by atoms with Gasteiger partial charge in [-0.2, -0.15) is 0 Å². The molecule has 1 spiro atoms. The summed E-state index contributed by atoms with van der Waals surface area (Å²) >= 11 is 0. The van der Waals surface area contributed by atoms with Gasteiger partial charge in [0.2, 0.25) is 5.88 Å². The van der Waals surface area contributed by atoms with Gasteiger partial charge < -0.3 is 14.2 Å². The first-order valence-electron chi connectivity index (χ1n) is 16.2. The first kappa shape index (κ1) is 28.4. The zero-order chi connectivity index (χ0) is 29.6. The van der Waals surface area contributed by atoms with E-state index in [0.717, 1.165) is 30.7 Å². The summed E-state index contributed by atoms with van der Waals surface area (Å²) in [4.78, 5) is 19.6. The molecule has 6 nitrogen and oxygen atoms in total. The van der Waals surface area contributed by atoms with Gasteiger partial charge in [-0.25, -0.2) is 4.98 Å². The minimum absolute atomic E-state index is 0.00359. The van der Waals surface area contributed by atoms with Crippen LogP contribution in [0.4, 0.5) is 0 Å². The van der Waals surface area contributed by atoms with Crippen molar-refractivity contribution in [3.63, 3.8) is 0 Å². The van der Waals surface area contributed by atoms with Crippen molar-refractivity contribution in [3.05, 3.63) is 77.0 Å². The lowest BCUT2D eigenvalue weighted by Gasteiger charge is -2.37. The molecule has 6 heteroatoms. The Kier molecular flexibility index (Phi) is 7.66. The van der Waals surface area contributed by atoms with Gasteiger partial charge in [-0.15, -0.1) is 0 Å². The number of likely N-dealkylation sites (tertiary alicyclic amines) is 1. The van der Waals surface area contributed by atoms with Gasteiger partial charge in [0.15, 0.2) is 0 Å². The first-order valence-corrected chi connectivity index (χ1v) is 16.2. The number of esters is 1. The largest absolute Gasteiger partial charge is 0.485 e. The van der Waals surface area contributed by atoms with Crippen LogP contribution in [0.25, 0.3) is 11.1 Å². The number of methoxy groups -OCH3 is 2. The molecule has 3 aromatic rings. The molecule has 2 aliphatic heterocycles. The molecule has 0 N–H and O–H groups in total. The van der Waals surface area contributed by atoms with Gasteiger partial charge in [0, 0.05) is 24.3 Å². The standard InChI is InChI=1S/C37H44N2O4/c1-24(36(40)42-3)35(26-7-8-26)29-9-6-25-11-13-32(43-33(25)21-29)31-12-10-27(28-14-18-38-34(22-28)41-2)20-30(31)23-39-19-5-4-15-37(39)16-17-37/h6,9-10,12,14,18,20-22,24,26,32,35H,4-5,7-8,11,13,15-17,19,23H2,1-3H3/t24-,32?,35-/m0/s1. The van der Waals surface area contributed by atoms with E-state index in [1.165, 1.54) is 86.4 Å². The van der Waals surface area contributed by atoms with Crippen molar-refractivity contribution < 1.29 is 19.0 Å². The number of aromatic nitrogens is 1. The summed E-state index contributed by atoms with van der Waals surface area (Å²) < 4.78 is 17.5. The van der Waals surface area contributed by atoms with Crippen LogP contribution in [0.1, 0.15) is 92.6 Å². The van der Waals surface area contributed by atoms with Crippen molar-refractivity contribution in [3.8, 4) is 22.8 Å². The molecule has 0 bridgehead atoms. The number of hydrogen-bond acceptors (Lipinski definition) is 6. The van der Waals surface area contributed by atoms with E-state index in [4.69, 9.17) is 14.2 Å². The highest BCUT2D eigenvalue weighted by molar-refractivity contribution is 5.73. The molecule has 3 fully saturated rings. The van der Waals surface area contributed by atoms with Crippen LogP contribution >= 0.6 is 0 Å². The fourth-order valence-electron chi connectivity index (χ4n) is 7.82.